The zero-order valence-corrected chi connectivity index (χ0v) is 24.5. The van der Waals surface area contributed by atoms with E-state index in [1.807, 2.05) is 49.9 Å². The molecule has 3 aromatic carbocycles. The molecule has 0 aromatic heterocycles. The van der Waals surface area contributed by atoms with Crippen LogP contribution in [-0.4, -0.2) is 72.6 Å². The monoisotopic (exact) mass is 560 g/mol. The molecular weight excluding hydrogens is 523 g/mol. The highest BCUT2D eigenvalue weighted by Gasteiger charge is 2.38. The molecule has 0 bridgehead atoms. The SMILES string of the molecule is COc1c(C#N)cc2ccccc2c1CN(C)C(=O)[C@@H](c1ccc(F)cc1)N1CCC(N(C)C(=O)OC(C)(C)C)C1. The van der Waals surface area contributed by atoms with Crippen LogP contribution in [0.15, 0.2) is 54.6 Å². The van der Waals surface area contributed by atoms with E-state index in [4.69, 9.17) is 9.47 Å². The maximum Gasteiger partial charge on any atom is 0.410 e. The van der Waals surface area contributed by atoms with Crippen LogP contribution in [0.5, 0.6) is 5.75 Å². The van der Waals surface area contributed by atoms with Gasteiger partial charge < -0.3 is 19.3 Å². The molecule has 1 aliphatic rings. The van der Waals surface area contributed by atoms with Crippen molar-refractivity contribution in [3.05, 3.63) is 77.1 Å². The van der Waals surface area contributed by atoms with Crippen LogP contribution in [0.1, 0.15) is 49.9 Å². The number of rotatable bonds is 7. The Morgan fingerprint density at radius 1 is 1.15 bits per heavy atom. The Labute approximate surface area is 240 Å². The number of likely N-dealkylation sites (N-methyl/N-ethyl adjacent to an activating group) is 2. The zero-order chi connectivity index (χ0) is 29.9. The Morgan fingerprint density at radius 3 is 2.46 bits per heavy atom. The molecule has 0 spiro atoms. The molecule has 1 saturated heterocycles. The van der Waals surface area contributed by atoms with Crippen molar-refractivity contribution in [3.8, 4) is 11.8 Å². The second-order valence-corrected chi connectivity index (χ2v) is 11.4. The van der Waals surface area contributed by atoms with Crippen molar-refractivity contribution in [2.75, 3.05) is 34.3 Å². The molecular formula is C32H37FN4O4. The number of benzene rings is 3. The summed E-state index contributed by atoms with van der Waals surface area (Å²) in [6.07, 6.45) is 0.245. The molecule has 1 aliphatic heterocycles. The second kappa shape index (κ2) is 12.1. The van der Waals surface area contributed by atoms with Crippen LogP contribution in [0.3, 0.4) is 0 Å². The fourth-order valence-electron chi connectivity index (χ4n) is 5.36. The number of methoxy groups -OCH3 is 1. The number of nitrogens with zero attached hydrogens (tertiary/aromatic N) is 4. The number of fused-ring (bicyclic) bond motifs is 1. The van der Waals surface area contributed by atoms with Gasteiger partial charge in [0.2, 0.25) is 5.91 Å². The van der Waals surface area contributed by atoms with Crippen LogP contribution in [0.25, 0.3) is 10.8 Å². The normalized spacial score (nSPS) is 16.2. The van der Waals surface area contributed by atoms with Gasteiger partial charge >= 0.3 is 6.09 Å². The largest absolute Gasteiger partial charge is 0.495 e. The van der Waals surface area contributed by atoms with Gasteiger partial charge in [-0.15, -0.1) is 0 Å². The maximum atomic E-state index is 14.2. The molecule has 0 N–H and O–H groups in total. The van der Waals surface area contributed by atoms with Gasteiger partial charge in [-0.1, -0.05) is 36.4 Å². The van der Waals surface area contributed by atoms with Gasteiger partial charge in [0, 0.05) is 45.3 Å². The van der Waals surface area contributed by atoms with Gasteiger partial charge in [0.1, 0.15) is 29.3 Å². The van der Waals surface area contributed by atoms with Gasteiger partial charge in [-0.05, 0) is 61.7 Å². The van der Waals surface area contributed by atoms with Crippen molar-refractivity contribution >= 4 is 22.8 Å². The van der Waals surface area contributed by atoms with Crippen LogP contribution < -0.4 is 4.74 Å². The fourth-order valence-corrected chi connectivity index (χ4v) is 5.36. The van der Waals surface area contributed by atoms with E-state index in [-0.39, 0.29) is 24.3 Å². The lowest BCUT2D eigenvalue weighted by Crippen LogP contribution is -2.44. The summed E-state index contributed by atoms with van der Waals surface area (Å²) in [5, 5.41) is 11.5. The Morgan fingerprint density at radius 2 is 1.83 bits per heavy atom. The second-order valence-electron chi connectivity index (χ2n) is 11.4. The fraction of sp³-hybridized carbons (Fsp3) is 0.406. The van der Waals surface area contributed by atoms with E-state index in [1.165, 1.54) is 19.2 Å². The summed E-state index contributed by atoms with van der Waals surface area (Å²) >= 11 is 0. The minimum Gasteiger partial charge on any atom is -0.495 e. The van der Waals surface area contributed by atoms with Crippen LogP contribution >= 0.6 is 0 Å². The van der Waals surface area contributed by atoms with E-state index in [2.05, 4.69) is 6.07 Å². The molecule has 0 radical (unpaired) electrons. The summed E-state index contributed by atoms with van der Waals surface area (Å²) in [6, 6.07) is 16.8. The lowest BCUT2D eigenvalue weighted by Gasteiger charge is -2.33. The molecule has 9 heteroatoms. The number of amides is 2. The third-order valence-electron chi connectivity index (χ3n) is 7.41. The Bertz CT molecular complexity index is 1460. The van der Waals surface area contributed by atoms with E-state index < -0.39 is 17.7 Å². The summed E-state index contributed by atoms with van der Waals surface area (Å²) in [6.45, 7) is 6.68. The smallest absolute Gasteiger partial charge is 0.410 e. The maximum absolute atomic E-state index is 14.2. The molecule has 2 atom stereocenters. The van der Waals surface area contributed by atoms with Crippen molar-refractivity contribution in [2.45, 2.75) is 51.4 Å². The Kier molecular flexibility index (Phi) is 8.83. The first-order chi connectivity index (χ1) is 19.4. The lowest BCUT2D eigenvalue weighted by atomic mass is 9.98. The predicted octanol–water partition coefficient (Wildman–Crippen LogP) is 5.50. The van der Waals surface area contributed by atoms with E-state index >= 15 is 0 Å². The third-order valence-corrected chi connectivity index (χ3v) is 7.41. The molecule has 216 valence electrons. The van der Waals surface area contributed by atoms with Crippen LogP contribution in [0, 0.1) is 17.1 Å². The molecule has 1 fully saturated rings. The van der Waals surface area contributed by atoms with Gasteiger partial charge in [-0.25, -0.2) is 9.18 Å². The van der Waals surface area contributed by atoms with Gasteiger partial charge in [0.05, 0.1) is 12.7 Å². The number of halogens is 1. The number of likely N-dealkylation sites (tertiary alicyclic amines) is 1. The van der Waals surface area contributed by atoms with Crippen molar-refractivity contribution in [1.29, 1.82) is 5.26 Å². The number of ether oxygens (including phenoxy) is 2. The van der Waals surface area contributed by atoms with E-state index in [9.17, 15) is 19.2 Å². The van der Waals surface area contributed by atoms with E-state index in [0.29, 0.717) is 36.4 Å². The number of hydrogen-bond acceptors (Lipinski definition) is 6. The highest BCUT2D eigenvalue weighted by molar-refractivity contribution is 5.91. The standard InChI is InChI=1S/C32H37FN4O4/c1-32(2,3)41-31(39)36(5)25-15-16-37(19-25)28(21-11-13-24(33)14-12-21)30(38)35(4)20-27-26-10-8-7-9-22(26)17-23(18-34)29(27)40-6/h7-14,17,25,28H,15-16,19-20H2,1-6H3/t25?,28-/m1/s1. The molecule has 1 unspecified atom stereocenters. The third kappa shape index (κ3) is 6.60. The van der Waals surface area contributed by atoms with Crippen molar-refractivity contribution < 1.29 is 23.5 Å². The van der Waals surface area contributed by atoms with Gasteiger partial charge in [0.25, 0.3) is 0 Å². The van der Waals surface area contributed by atoms with Crippen LogP contribution in [-0.2, 0) is 16.1 Å². The number of nitriles is 1. The van der Waals surface area contributed by atoms with E-state index in [0.717, 1.165) is 16.3 Å². The number of carbonyl (C=O) groups is 2. The van der Waals surface area contributed by atoms with Crippen molar-refractivity contribution in [3.63, 3.8) is 0 Å². The minimum absolute atomic E-state index is 0.151. The summed E-state index contributed by atoms with van der Waals surface area (Å²) in [5.41, 5.74) is 1.17. The minimum atomic E-state index is -0.700. The first-order valence-electron chi connectivity index (χ1n) is 13.6. The first kappa shape index (κ1) is 29.8. The highest BCUT2D eigenvalue weighted by Crippen LogP contribution is 2.35. The topological polar surface area (TPSA) is 86.1 Å². The first-order valence-corrected chi connectivity index (χ1v) is 13.6. The molecule has 0 aliphatic carbocycles. The zero-order valence-electron chi connectivity index (χ0n) is 24.5. The molecule has 0 saturated carbocycles. The van der Waals surface area contributed by atoms with Gasteiger partial charge in [-0.3, -0.25) is 9.69 Å². The summed E-state index contributed by atoms with van der Waals surface area (Å²) < 4.78 is 25.1. The molecule has 1 heterocycles. The van der Waals surface area contributed by atoms with Crippen molar-refractivity contribution in [2.24, 2.45) is 0 Å². The molecule has 2 amide bonds. The van der Waals surface area contributed by atoms with E-state index in [1.54, 1.807) is 42.1 Å². The summed E-state index contributed by atoms with van der Waals surface area (Å²) in [4.78, 5) is 32.1. The molecule has 41 heavy (non-hydrogen) atoms. The van der Waals surface area contributed by atoms with Crippen LogP contribution in [0.4, 0.5) is 9.18 Å². The highest BCUT2D eigenvalue weighted by atomic mass is 19.1. The van der Waals surface area contributed by atoms with Gasteiger partial charge in [-0.2, -0.15) is 5.26 Å². The quantitative estimate of drug-likeness (QED) is 0.379. The van der Waals surface area contributed by atoms with Crippen LogP contribution in [0.2, 0.25) is 0 Å². The average molecular weight is 561 g/mol. The van der Waals surface area contributed by atoms with Gasteiger partial charge in [0.15, 0.2) is 0 Å². The number of hydrogen-bond donors (Lipinski definition) is 0. The summed E-state index contributed by atoms with van der Waals surface area (Å²) in [7, 11) is 4.94. The van der Waals surface area contributed by atoms with Crippen molar-refractivity contribution in [1.82, 2.24) is 14.7 Å². The molecule has 8 nitrogen and oxygen atoms in total. The average Bonchev–Trinajstić information content (AvgIpc) is 3.42. The predicted molar refractivity (Wildman–Crippen MR) is 155 cm³/mol. The lowest BCUT2D eigenvalue weighted by molar-refractivity contribution is -0.136. The molecule has 4 rings (SSSR count). The Hall–Kier alpha value is -4.16. The number of carbonyl (C=O) groups excluding carboxylic acids is 2. The Balaban J connectivity index is 1.64. The molecule has 3 aromatic rings. The summed E-state index contributed by atoms with van der Waals surface area (Å²) in [5.74, 6) is -0.142.